The molecule has 9 heteroatoms. The van der Waals surface area contributed by atoms with Gasteiger partial charge in [0.05, 0.1) is 5.92 Å². The van der Waals surface area contributed by atoms with E-state index in [9.17, 15) is 22.8 Å². The van der Waals surface area contributed by atoms with Crippen molar-refractivity contribution in [1.82, 2.24) is 4.90 Å². The molecule has 0 bridgehead atoms. The van der Waals surface area contributed by atoms with E-state index in [-0.39, 0.29) is 12.3 Å². The molecule has 1 heterocycles. The van der Waals surface area contributed by atoms with Crippen LogP contribution in [0.1, 0.15) is 12.8 Å². The van der Waals surface area contributed by atoms with E-state index in [1.54, 1.807) is 0 Å². The lowest BCUT2D eigenvalue weighted by Crippen LogP contribution is -2.44. The van der Waals surface area contributed by atoms with Crippen molar-refractivity contribution in [3.8, 4) is 5.75 Å². The Bertz CT molecular complexity index is 589. The highest BCUT2D eigenvalue weighted by atomic mass is 19.4. The van der Waals surface area contributed by atoms with Gasteiger partial charge in [0.2, 0.25) is 0 Å². The second-order valence-corrected chi connectivity index (χ2v) is 5.48. The Morgan fingerprint density at radius 1 is 1.29 bits per heavy atom. The molecule has 0 aromatic heterocycles. The van der Waals surface area contributed by atoms with Crippen LogP contribution in [0.15, 0.2) is 24.3 Å². The molecule has 0 saturated carbocycles. The second kappa shape index (κ2) is 7.41. The predicted molar refractivity (Wildman–Crippen MR) is 78.9 cm³/mol. The van der Waals surface area contributed by atoms with Gasteiger partial charge in [0, 0.05) is 18.8 Å². The molecule has 0 radical (unpaired) electrons. The number of amides is 2. The molecule has 2 N–H and O–H groups in total. The van der Waals surface area contributed by atoms with E-state index >= 15 is 0 Å². The molecule has 1 aromatic carbocycles. The third-order valence-corrected chi connectivity index (χ3v) is 3.57. The lowest BCUT2D eigenvalue weighted by Gasteiger charge is -2.30. The van der Waals surface area contributed by atoms with Crippen LogP contribution in [0.25, 0.3) is 0 Å². The second-order valence-electron chi connectivity index (χ2n) is 5.48. The number of anilines is 1. The van der Waals surface area contributed by atoms with E-state index in [1.165, 1.54) is 29.2 Å². The summed E-state index contributed by atoms with van der Waals surface area (Å²) in [6.07, 6.45) is -3.28. The first kappa shape index (κ1) is 17.9. The lowest BCUT2D eigenvalue weighted by molar-refractivity contribution is -0.153. The number of likely N-dealkylation sites (tertiary alicyclic amines) is 1. The van der Waals surface area contributed by atoms with Gasteiger partial charge in [0.15, 0.2) is 6.61 Å². The molecule has 1 aliphatic heterocycles. The molecule has 24 heavy (non-hydrogen) atoms. The Morgan fingerprint density at radius 2 is 1.96 bits per heavy atom. The number of carbonyl (C=O) groups is 2. The number of piperidine rings is 1. The Balaban J connectivity index is 1.88. The summed E-state index contributed by atoms with van der Waals surface area (Å²) in [5.74, 6) is -1.48. The Kier molecular flexibility index (Phi) is 5.53. The van der Waals surface area contributed by atoms with E-state index < -0.39 is 30.7 Å². The summed E-state index contributed by atoms with van der Waals surface area (Å²) in [5.41, 5.74) is 0.386. The highest BCUT2D eigenvalue weighted by molar-refractivity contribution is 5.89. The number of rotatable bonds is 4. The molecule has 2 amide bonds. The van der Waals surface area contributed by atoms with Crippen molar-refractivity contribution in [2.24, 2.45) is 5.92 Å². The fraction of sp³-hybridized carbons (Fsp3) is 0.467. The van der Waals surface area contributed by atoms with Crippen LogP contribution in [0.2, 0.25) is 0 Å². The maximum atomic E-state index is 12.1. The minimum absolute atomic E-state index is 0.0363. The van der Waals surface area contributed by atoms with Crippen LogP contribution < -0.4 is 10.1 Å². The number of carboxylic acid groups (broad SMARTS) is 1. The molecular formula is C15H17F3N2O4. The number of nitrogens with one attached hydrogen (secondary N) is 1. The number of hydrogen-bond acceptors (Lipinski definition) is 3. The molecule has 1 aliphatic rings. The summed E-state index contributed by atoms with van der Waals surface area (Å²) >= 11 is 0. The number of halogens is 3. The van der Waals surface area contributed by atoms with E-state index in [0.29, 0.717) is 25.1 Å². The molecule has 6 nitrogen and oxygen atoms in total. The molecule has 1 atom stereocenters. The number of urea groups is 1. The van der Waals surface area contributed by atoms with Crippen LogP contribution in [0.4, 0.5) is 23.7 Å². The number of nitrogens with zero attached hydrogens (tertiary/aromatic N) is 1. The summed E-state index contributed by atoms with van der Waals surface area (Å²) < 4.78 is 40.7. The third kappa shape index (κ3) is 5.32. The van der Waals surface area contributed by atoms with Gasteiger partial charge in [-0.1, -0.05) is 0 Å². The number of aliphatic carboxylic acids is 1. The highest BCUT2D eigenvalue weighted by Crippen LogP contribution is 2.21. The van der Waals surface area contributed by atoms with Crippen LogP contribution in [0.3, 0.4) is 0 Å². The van der Waals surface area contributed by atoms with Crippen molar-refractivity contribution in [3.63, 3.8) is 0 Å². The zero-order valence-electron chi connectivity index (χ0n) is 12.7. The van der Waals surface area contributed by atoms with E-state index in [2.05, 4.69) is 10.1 Å². The Hall–Kier alpha value is -2.45. The number of carboxylic acids is 1. The molecule has 1 unspecified atom stereocenters. The van der Waals surface area contributed by atoms with Gasteiger partial charge in [0.1, 0.15) is 5.75 Å². The molecule has 2 rings (SSSR count). The molecule has 1 saturated heterocycles. The van der Waals surface area contributed by atoms with Crippen molar-refractivity contribution in [3.05, 3.63) is 24.3 Å². The minimum atomic E-state index is -4.41. The van der Waals surface area contributed by atoms with Gasteiger partial charge in [-0.2, -0.15) is 13.2 Å². The van der Waals surface area contributed by atoms with Gasteiger partial charge < -0.3 is 20.1 Å². The smallest absolute Gasteiger partial charge is 0.422 e. The first-order valence-corrected chi connectivity index (χ1v) is 7.33. The number of alkyl halides is 3. The number of carbonyl (C=O) groups excluding carboxylic acids is 1. The largest absolute Gasteiger partial charge is 0.484 e. The fourth-order valence-corrected chi connectivity index (χ4v) is 2.37. The Labute approximate surface area is 136 Å². The Morgan fingerprint density at radius 3 is 2.54 bits per heavy atom. The van der Waals surface area contributed by atoms with Crippen LogP contribution >= 0.6 is 0 Å². The van der Waals surface area contributed by atoms with Gasteiger partial charge in [-0.25, -0.2) is 4.79 Å². The summed E-state index contributed by atoms with van der Waals surface area (Å²) in [6, 6.07) is 5.03. The van der Waals surface area contributed by atoms with Crippen LogP contribution in [-0.4, -0.2) is 47.9 Å². The minimum Gasteiger partial charge on any atom is -0.484 e. The van der Waals surface area contributed by atoms with Crippen molar-refractivity contribution in [1.29, 1.82) is 0 Å². The van der Waals surface area contributed by atoms with Crippen LogP contribution in [0.5, 0.6) is 5.75 Å². The topological polar surface area (TPSA) is 78.9 Å². The summed E-state index contributed by atoms with van der Waals surface area (Å²) in [6.45, 7) is -0.792. The molecule has 0 spiro atoms. The standard InChI is InChI=1S/C15H17F3N2O4/c16-15(17,18)9-24-12-5-3-11(4-6-12)19-14(23)20-7-1-2-10(8-20)13(21)22/h3-6,10H,1-2,7-9H2,(H,19,23)(H,21,22). The molecule has 0 aliphatic carbocycles. The van der Waals surface area contributed by atoms with Gasteiger partial charge >= 0.3 is 18.2 Å². The molecule has 1 fully saturated rings. The average Bonchev–Trinajstić information content (AvgIpc) is 2.53. The van der Waals surface area contributed by atoms with Crippen LogP contribution in [-0.2, 0) is 4.79 Å². The summed E-state index contributed by atoms with van der Waals surface area (Å²) in [5, 5.41) is 11.6. The molecule has 1 aromatic rings. The lowest BCUT2D eigenvalue weighted by atomic mass is 9.99. The first-order chi connectivity index (χ1) is 11.2. The monoisotopic (exact) mass is 346 g/mol. The fourth-order valence-electron chi connectivity index (χ4n) is 2.37. The number of ether oxygens (including phenoxy) is 1. The maximum Gasteiger partial charge on any atom is 0.422 e. The van der Waals surface area contributed by atoms with Crippen molar-refractivity contribution in [2.75, 3.05) is 25.0 Å². The number of benzene rings is 1. The van der Waals surface area contributed by atoms with Crippen molar-refractivity contribution in [2.45, 2.75) is 19.0 Å². The van der Waals surface area contributed by atoms with Crippen molar-refractivity contribution < 1.29 is 32.6 Å². The normalized spacial score (nSPS) is 18.1. The zero-order chi connectivity index (χ0) is 17.7. The van der Waals surface area contributed by atoms with Gasteiger partial charge in [-0.15, -0.1) is 0 Å². The zero-order valence-corrected chi connectivity index (χ0v) is 12.7. The van der Waals surface area contributed by atoms with Crippen LogP contribution in [0, 0.1) is 5.92 Å². The molecular weight excluding hydrogens is 329 g/mol. The van der Waals surface area contributed by atoms with E-state index in [1.807, 2.05) is 0 Å². The van der Waals surface area contributed by atoms with E-state index in [4.69, 9.17) is 5.11 Å². The predicted octanol–water partition coefficient (Wildman–Crippen LogP) is 2.96. The van der Waals surface area contributed by atoms with Crippen molar-refractivity contribution >= 4 is 17.7 Å². The maximum absolute atomic E-state index is 12.1. The number of hydrogen-bond donors (Lipinski definition) is 2. The average molecular weight is 346 g/mol. The van der Waals surface area contributed by atoms with Gasteiger partial charge in [0.25, 0.3) is 0 Å². The summed E-state index contributed by atoms with van der Waals surface area (Å²) in [4.78, 5) is 24.5. The van der Waals surface area contributed by atoms with E-state index in [0.717, 1.165) is 0 Å². The SMILES string of the molecule is O=C(O)C1CCCN(C(=O)Nc2ccc(OCC(F)(F)F)cc2)C1. The first-order valence-electron chi connectivity index (χ1n) is 7.33. The van der Waals surface area contributed by atoms with Gasteiger partial charge in [-0.3, -0.25) is 4.79 Å². The van der Waals surface area contributed by atoms with Gasteiger partial charge in [-0.05, 0) is 37.1 Å². The summed E-state index contributed by atoms with van der Waals surface area (Å²) in [7, 11) is 0. The third-order valence-electron chi connectivity index (χ3n) is 3.57. The molecule has 132 valence electrons. The highest BCUT2D eigenvalue weighted by Gasteiger charge is 2.29. The quantitative estimate of drug-likeness (QED) is 0.879.